The van der Waals surface area contributed by atoms with Crippen molar-refractivity contribution in [2.75, 3.05) is 11.5 Å². The van der Waals surface area contributed by atoms with E-state index in [2.05, 4.69) is 15.3 Å². The minimum Gasteiger partial charge on any atom is -0.348 e. The summed E-state index contributed by atoms with van der Waals surface area (Å²) in [5.74, 6) is -0.406. The lowest BCUT2D eigenvalue weighted by Gasteiger charge is -2.11. The van der Waals surface area contributed by atoms with E-state index in [4.69, 9.17) is 0 Å². The summed E-state index contributed by atoms with van der Waals surface area (Å²) in [6.07, 6.45) is 0.395. The second-order valence-electron chi connectivity index (χ2n) is 5.24. The number of carbonyl (C=O) groups is 1. The average Bonchev–Trinajstić information content (AvgIpc) is 2.78. The Morgan fingerprint density at radius 1 is 1.14 bits per heavy atom. The van der Waals surface area contributed by atoms with E-state index in [0.29, 0.717) is 17.5 Å². The number of aromatic nitrogens is 2. The highest BCUT2D eigenvalue weighted by atomic mass is 32.2. The summed E-state index contributed by atoms with van der Waals surface area (Å²) in [6.45, 7) is 0. The number of aromatic amines is 2. The lowest BCUT2D eigenvalue weighted by atomic mass is 10.1. The van der Waals surface area contributed by atoms with Gasteiger partial charge in [0.2, 0.25) is 0 Å². The van der Waals surface area contributed by atoms with E-state index in [0.717, 1.165) is 0 Å². The Labute approximate surface area is 124 Å². The number of H-pyrrole nitrogens is 2. The standard InChI is InChI=1S/C13H13N3O5S/c17-11(14-8-3-4-22(20,21)6-8)7-1-2-9-10(5-7)16-13(19)12(18)15-9/h1-2,5,8H,3-4,6H2,(H,14,17)(H,15,18)(H,16,19)/t8-/m1/s1. The first-order valence-corrected chi connectivity index (χ1v) is 8.44. The zero-order valence-electron chi connectivity index (χ0n) is 11.4. The van der Waals surface area contributed by atoms with E-state index >= 15 is 0 Å². The molecule has 0 bridgehead atoms. The van der Waals surface area contributed by atoms with Gasteiger partial charge in [0.1, 0.15) is 0 Å². The van der Waals surface area contributed by atoms with Crippen LogP contribution in [0.5, 0.6) is 0 Å². The van der Waals surface area contributed by atoms with Crippen molar-refractivity contribution in [1.29, 1.82) is 0 Å². The minimum absolute atomic E-state index is 0.0591. The Balaban J connectivity index is 1.87. The number of fused-ring (bicyclic) bond motifs is 1. The molecule has 9 heteroatoms. The number of amides is 1. The maximum absolute atomic E-state index is 12.1. The minimum atomic E-state index is -3.07. The second kappa shape index (κ2) is 5.09. The highest BCUT2D eigenvalue weighted by Crippen LogP contribution is 2.13. The number of benzene rings is 1. The molecule has 2 aromatic rings. The Morgan fingerprint density at radius 2 is 1.82 bits per heavy atom. The third-order valence-electron chi connectivity index (χ3n) is 3.55. The van der Waals surface area contributed by atoms with Crippen LogP contribution in [0.4, 0.5) is 0 Å². The molecule has 0 radical (unpaired) electrons. The van der Waals surface area contributed by atoms with E-state index in [1.165, 1.54) is 18.2 Å². The van der Waals surface area contributed by atoms with E-state index in [1.807, 2.05) is 0 Å². The molecule has 116 valence electrons. The molecule has 3 N–H and O–H groups in total. The Hall–Kier alpha value is -2.42. The molecule has 1 atom stereocenters. The van der Waals surface area contributed by atoms with Gasteiger partial charge in [0.25, 0.3) is 5.91 Å². The Kier molecular flexibility index (Phi) is 3.36. The van der Waals surface area contributed by atoms with Crippen LogP contribution in [0.1, 0.15) is 16.8 Å². The van der Waals surface area contributed by atoms with Crippen LogP contribution < -0.4 is 16.4 Å². The van der Waals surface area contributed by atoms with Crippen LogP contribution in [0.3, 0.4) is 0 Å². The van der Waals surface area contributed by atoms with Gasteiger partial charge < -0.3 is 15.3 Å². The Morgan fingerprint density at radius 3 is 2.45 bits per heavy atom. The summed E-state index contributed by atoms with van der Waals surface area (Å²) in [5, 5.41) is 2.66. The number of hydrogen-bond acceptors (Lipinski definition) is 5. The fourth-order valence-electron chi connectivity index (χ4n) is 2.43. The summed E-state index contributed by atoms with van der Waals surface area (Å²) in [4.78, 5) is 39.4. The molecular weight excluding hydrogens is 310 g/mol. The van der Waals surface area contributed by atoms with Gasteiger partial charge in [0.15, 0.2) is 9.84 Å². The lowest BCUT2D eigenvalue weighted by Crippen LogP contribution is -2.35. The topological polar surface area (TPSA) is 129 Å². The monoisotopic (exact) mass is 323 g/mol. The highest BCUT2D eigenvalue weighted by molar-refractivity contribution is 7.91. The third kappa shape index (κ3) is 2.80. The smallest absolute Gasteiger partial charge is 0.314 e. The van der Waals surface area contributed by atoms with Crippen molar-refractivity contribution in [3.63, 3.8) is 0 Å². The molecule has 1 fully saturated rings. The first-order valence-electron chi connectivity index (χ1n) is 6.62. The molecule has 1 saturated heterocycles. The quantitative estimate of drug-likeness (QED) is 0.619. The van der Waals surface area contributed by atoms with Crippen molar-refractivity contribution in [1.82, 2.24) is 15.3 Å². The first kappa shape index (κ1) is 14.5. The summed E-state index contributed by atoms with van der Waals surface area (Å²) >= 11 is 0. The van der Waals surface area contributed by atoms with Crippen molar-refractivity contribution in [2.45, 2.75) is 12.5 Å². The SMILES string of the molecule is O=C(N[C@@H]1CCS(=O)(=O)C1)c1ccc2[nH]c(=O)c(=O)[nH]c2c1. The highest BCUT2D eigenvalue weighted by Gasteiger charge is 2.29. The average molecular weight is 323 g/mol. The van der Waals surface area contributed by atoms with Gasteiger partial charge in [-0.15, -0.1) is 0 Å². The van der Waals surface area contributed by atoms with Crippen LogP contribution in [-0.2, 0) is 9.84 Å². The van der Waals surface area contributed by atoms with Gasteiger partial charge in [-0.1, -0.05) is 0 Å². The molecule has 1 aromatic carbocycles. The molecule has 8 nitrogen and oxygen atoms in total. The van der Waals surface area contributed by atoms with Crippen molar-refractivity contribution >= 4 is 26.8 Å². The molecule has 22 heavy (non-hydrogen) atoms. The van der Waals surface area contributed by atoms with Gasteiger partial charge in [0.05, 0.1) is 22.5 Å². The number of rotatable bonds is 2. The van der Waals surface area contributed by atoms with Crippen LogP contribution in [0.25, 0.3) is 11.0 Å². The largest absolute Gasteiger partial charge is 0.348 e. The first-order chi connectivity index (χ1) is 10.3. The maximum Gasteiger partial charge on any atom is 0.314 e. The fourth-order valence-corrected chi connectivity index (χ4v) is 4.11. The number of sulfone groups is 1. The Bertz CT molecular complexity index is 973. The van der Waals surface area contributed by atoms with Gasteiger partial charge >= 0.3 is 11.1 Å². The number of carbonyl (C=O) groups excluding carboxylic acids is 1. The molecule has 0 saturated carbocycles. The van der Waals surface area contributed by atoms with Crippen LogP contribution >= 0.6 is 0 Å². The van der Waals surface area contributed by atoms with E-state index in [9.17, 15) is 22.8 Å². The molecule has 2 heterocycles. The van der Waals surface area contributed by atoms with Crippen molar-refractivity contribution in [3.05, 3.63) is 44.5 Å². The zero-order valence-corrected chi connectivity index (χ0v) is 12.2. The summed E-state index contributed by atoms with van der Waals surface area (Å²) in [7, 11) is -3.07. The van der Waals surface area contributed by atoms with Crippen LogP contribution in [0.2, 0.25) is 0 Å². The van der Waals surface area contributed by atoms with E-state index in [-0.39, 0.29) is 17.1 Å². The predicted octanol–water partition coefficient (Wildman–Crippen LogP) is -0.867. The molecule has 1 aliphatic heterocycles. The normalized spacial score (nSPS) is 20.1. The van der Waals surface area contributed by atoms with Crippen LogP contribution in [-0.4, -0.2) is 41.8 Å². The van der Waals surface area contributed by atoms with Crippen LogP contribution in [0, 0.1) is 0 Å². The predicted molar refractivity (Wildman–Crippen MR) is 79.7 cm³/mol. The molecule has 1 aliphatic rings. The van der Waals surface area contributed by atoms with Gasteiger partial charge in [0, 0.05) is 11.6 Å². The fraction of sp³-hybridized carbons (Fsp3) is 0.308. The molecule has 3 rings (SSSR count). The van der Waals surface area contributed by atoms with Crippen LogP contribution in [0.15, 0.2) is 27.8 Å². The van der Waals surface area contributed by atoms with E-state index in [1.54, 1.807) is 0 Å². The third-order valence-corrected chi connectivity index (χ3v) is 5.32. The summed E-state index contributed by atoms with van der Waals surface area (Å²) < 4.78 is 22.8. The molecule has 0 unspecified atom stereocenters. The van der Waals surface area contributed by atoms with Gasteiger partial charge in [-0.2, -0.15) is 0 Å². The molecular formula is C13H13N3O5S. The van der Waals surface area contributed by atoms with Crippen molar-refractivity contribution in [2.24, 2.45) is 0 Å². The van der Waals surface area contributed by atoms with E-state index < -0.39 is 32.9 Å². The second-order valence-corrected chi connectivity index (χ2v) is 7.47. The van der Waals surface area contributed by atoms with Crippen molar-refractivity contribution in [3.8, 4) is 0 Å². The summed E-state index contributed by atoms with van der Waals surface area (Å²) in [5.41, 5.74) is -0.548. The molecule has 0 spiro atoms. The number of hydrogen-bond donors (Lipinski definition) is 3. The maximum atomic E-state index is 12.1. The number of nitrogens with one attached hydrogen (secondary N) is 3. The molecule has 1 aromatic heterocycles. The molecule has 0 aliphatic carbocycles. The lowest BCUT2D eigenvalue weighted by molar-refractivity contribution is 0.0941. The van der Waals surface area contributed by atoms with Crippen molar-refractivity contribution < 1.29 is 13.2 Å². The van der Waals surface area contributed by atoms with Gasteiger partial charge in [-0.25, -0.2) is 8.42 Å². The molecule has 1 amide bonds. The van der Waals surface area contributed by atoms with Gasteiger partial charge in [-0.3, -0.25) is 14.4 Å². The zero-order chi connectivity index (χ0) is 15.9. The summed E-state index contributed by atoms with van der Waals surface area (Å²) in [6, 6.07) is 4.04. The van der Waals surface area contributed by atoms with Gasteiger partial charge in [-0.05, 0) is 24.6 Å².